The van der Waals surface area contributed by atoms with E-state index in [1.165, 1.54) is 0 Å². The van der Waals surface area contributed by atoms with Gasteiger partial charge in [0.1, 0.15) is 6.61 Å². The number of carbonyl (C=O) groups excluding carboxylic acids is 1. The van der Waals surface area contributed by atoms with Gasteiger partial charge >= 0.3 is 6.18 Å². The third kappa shape index (κ3) is 7.35. The number of nitrogens with one attached hydrogen (secondary N) is 1. The SMILES string of the molecule is O=C(CCOCC(F)(F)F)NCc1cccc(CCl)c1. The molecule has 20 heavy (non-hydrogen) atoms. The molecule has 0 fully saturated rings. The maximum absolute atomic E-state index is 11.8. The summed E-state index contributed by atoms with van der Waals surface area (Å²) in [5.74, 6) is 0.0241. The van der Waals surface area contributed by atoms with Crippen molar-refractivity contribution in [3.63, 3.8) is 0 Å². The number of ether oxygens (including phenoxy) is 1. The quantitative estimate of drug-likeness (QED) is 0.621. The Labute approximate surface area is 120 Å². The number of hydrogen-bond donors (Lipinski definition) is 1. The topological polar surface area (TPSA) is 38.3 Å². The van der Waals surface area contributed by atoms with Gasteiger partial charge in [0.25, 0.3) is 0 Å². The first kappa shape index (κ1) is 16.8. The second kappa shape index (κ2) is 8.11. The molecule has 0 bridgehead atoms. The molecule has 0 radical (unpaired) electrons. The molecule has 0 spiro atoms. The van der Waals surface area contributed by atoms with Gasteiger partial charge in [-0.05, 0) is 11.1 Å². The maximum Gasteiger partial charge on any atom is 0.411 e. The zero-order chi connectivity index (χ0) is 15.0. The van der Waals surface area contributed by atoms with E-state index in [1.807, 2.05) is 24.3 Å². The molecule has 0 aromatic heterocycles. The zero-order valence-corrected chi connectivity index (χ0v) is 11.4. The average Bonchev–Trinajstić information content (AvgIpc) is 2.40. The molecule has 0 aliphatic carbocycles. The number of rotatable bonds is 7. The lowest BCUT2D eigenvalue weighted by atomic mass is 10.1. The van der Waals surface area contributed by atoms with Gasteiger partial charge in [-0.25, -0.2) is 0 Å². The van der Waals surface area contributed by atoms with E-state index in [4.69, 9.17) is 11.6 Å². The smallest absolute Gasteiger partial charge is 0.372 e. The van der Waals surface area contributed by atoms with Crippen molar-refractivity contribution in [2.45, 2.75) is 25.0 Å². The molecule has 1 aromatic carbocycles. The monoisotopic (exact) mass is 309 g/mol. The standard InChI is InChI=1S/C13H15ClF3NO2/c14-7-10-2-1-3-11(6-10)8-18-12(19)4-5-20-9-13(15,16)17/h1-3,6H,4-5,7-9H2,(H,18,19). The van der Waals surface area contributed by atoms with E-state index in [1.54, 1.807) is 0 Å². The van der Waals surface area contributed by atoms with Crippen molar-refractivity contribution >= 4 is 17.5 Å². The molecule has 1 N–H and O–H groups in total. The van der Waals surface area contributed by atoms with Crippen LogP contribution in [0, 0.1) is 0 Å². The minimum Gasteiger partial charge on any atom is -0.372 e. The summed E-state index contributed by atoms with van der Waals surface area (Å²) >= 11 is 5.69. The first-order chi connectivity index (χ1) is 9.40. The van der Waals surface area contributed by atoms with Crippen molar-refractivity contribution in [2.24, 2.45) is 0 Å². The van der Waals surface area contributed by atoms with Gasteiger partial charge in [0.2, 0.25) is 5.91 Å². The lowest BCUT2D eigenvalue weighted by Gasteiger charge is -2.08. The van der Waals surface area contributed by atoms with Crippen molar-refractivity contribution < 1.29 is 22.7 Å². The van der Waals surface area contributed by atoms with Crippen LogP contribution < -0.4 is 5.32 Å². The van der Waals surface area contributed by atoms with Crippen molar-refractivity contribution in [3.8, 4) is 0 Å². The van der Waals surface area contributed by atoms with Gasteiger partial charge < -0.3 is 10.1 Å². The third-order valence-electron chi connectivity index (χ3n) is 2.37. The van der Waals surface area contributed by atoms with Crippen molar-refractivity contribution in [2.75, 3.05) is 13.2 Å². The predicted molar refractivity (Wildman–Crippen MR) is 69.3 cm³/mol. The predicted octanol–water partition coefficient (Wildman–Crippen LogP) is 3.01. The minimum absolute atomic E-state index is 0.106. The van der Waals surface area contributed by atoms with Crippen molar-refractivity contribution in [3.05, 3.63) is 35.4 Å². The van der Waals surface area contributed by atoms with Crippen LogP contribution in [0.25, 0.3) is 0 Å². The molecule has 0 saturated heterocycles. The summed E-state index contributed by atoms with van der Waals surface area (Å²) in [5.41, 5.74) is 1.82. The van der Waals surface area contributed by atoms with E-state index in [0.717, 1.165) is 11.1 Å². The van der Waals surface area contributed by atoms with Gasteiger partial charge in [-0.1, -0.05) is 24.3 Å². The Bertz CT molecular complexity index is 438. The van der Waals surface area contributed by atoms with Crippen LogP contribution in [-0.2, 0) is 22.0 Å². The lowest BCUT2D eigenvalue weighted by molar-refractivity contribution is -0.174. The molecule has 0 atom stereocenters. The Morgan fingerprint density at radius 3 is 2.65 bits per heavy atom. The highest BCUT2D eigenvalue weighted by atomic mass is 35.5. The van der Waals surface area contributed by atoms with Crippen molar-refractivity contribution in [1.29, 1.82) is 0 Å². The summed E-state index contributed by atoms with van der Waals surface area (Å²) < 4.78 is 39.7. The molecular weight excluding hydrogens is 295 g/mol. The summed E-state index contributed by atoms with van der Waals surface area (Å²) in [4.78, 5) is 11.4. The molecule has 1 rings (SSSR count). The molecule has 0 unspecified atom stereocenters. The van der Waals surface area contributed by atoms with Gasteiger partial charge in [-0.2, -0.15) is 13.2 Å². The molecule has 112 valence electrons. The normalized spacial score (nSPS) is 11.4. The fourth-order valence-corrected chi connectivity index (χ4v) is 1.63. The first-order valence-electron chi connectivity index (χ1n) is 5.95. The molecule has 0 heterocycles. The number of carbonyl (C=O) groups is 1. The summed E-state index contributed by atoms with van der Waals surface area (Å²) in [6.45, 7) is -1.28. The molecule has 3 nitrogen and oxygen atoms in total. The minimum atomic E-state index is -4.36. The second-order valence-electron chi connectivity index (χ2n) is 4.15. The lowest BCUT2D eigenvalue weighted by Crippen LogP contribution is -2.25. The van der Waals surface area contributed by atoms with Gasteiger partial charge in [0.15, 0.2) is 0 Å². The van der Waals surface area contributed by atoms with E-state index >= 15 is 0 Å². The van der Waals surface area contributed by atoms with E-state index in [2.05, 4.69) is 10.1 Å². The van der Waals surface area contributed by atoms with Gasteiger partial charge in [-0.3, -0.25) is 4.79 Å². The summed E-state index contributed by atoms with van der Waals surface area (Å²) in [5, 5.41) is 2.60. The first-order valence-corrected chi connectivity index (χ1v) is 6.49. The summed E-state index contributed by atoms with van der Waals surface area (Å²) in [7, 11) is 0. The fourth-order valence-electron chi connectivity index (χ4n) is 1.46. The molecule has 1 amide bonds. The largest absolute Gasteiger partial charge is 0.411 e. The Kier molecular flexibility index (Phi) is 6.81. The van der Waals surface area contributed by atoms with E-state index in [0.29, 0.717) is 12.4 Å². The van der Waals surface area contributed by atoms with E-state index in [9.17, 15) is 18.0 Å². The Hall–Kier alpha value is -1.27. The van der Waals surface area contributed by atoms with Crippen LogP contribution in [0.3, 0.4) is 0 Å². The number of alkyl halides is 4. The molecule has 1 aromatic rings. The highest BCUT2D eigenvalue weighted by Crippen LogP contribution is 2.14. The molecule has 0 saturated carbocycles. The van der Waals surface area contributed by atoms with Crippen LogP contribution in [0.4, 0.5) is 13.2 Å². The molecule has 7 heteroatoms. The van der Waals surface area contributed by atoms with Crippen LogP contribution in [0.15, 0.2) is 24.3 Å². The number of halogens is 4. The van der Waals surface area contributed by atoms with Crippen molar-refractivity contribution in [1.82, 2.24) is 5.32 Å². The van der Waals surface area contributed by atoms with Crippen LogP contribution >= 0.6 is 11.6 Å². The number of benzene rings is 1. The molecule has 0 aliphatic rings. The van der Waals surface area contributed by atoms with Crippen LogP contribution in [0.5, 0.6) is 0 Å². The third-order valence-corrected chi connectivity index (χ3v) is 2.68. The molecular formula is C13H15ClF3NO2. The van der Waals surface area contributed by atoms with Gasteiger partial charge in [-0.15, -0.1) is 11.6 Å². The van der Waals surface area contributed by atoms with Gasteiger partial charge in [0, 0.05) is 18.8 Å². The van der Waals surface area contributed by atoms with E-state index < -0.39 is 12.8 Å². The Morgan fingerprint density at radius 2 is 2.00 bits per heavy atom. The van der Waals surface area contributed by atoms with Crippen LogP contribution in [0.2, 0.25) is 0 Å². The highest BCUT2D eigenvalue weighted by molar-refractivity contribution is 6.17. The van der Waals surface area contributed by atoms with Crippen LogP contribution in [0.1, 0.15) is 17.5 Å². The zero-order valence-electron chi connectivity index (χ0n) is 10.7. The van der Waals surface area contributed by atoms with E-state index in [-0.39, 0.29) is 18.9 Å². The summed E-state index contributed by atoms with van der Waals surface area (Å²) in [6, 6.07) is 7.37. The fraction of sp³-hybridized carbons (Fsp3) is 0.462. The molecule has 0 aliphatic heterocycles. The number of hydrogen-bond acceptors (Lipinski definition) is 2. The van der Waals surface area contributed by atoms with Gasteiger partial charge in [0.05, 0.1) is 6.61 Å². The van der Waals surface area contributed by atoms with Crippen LogP contribution in [-0.4, -0.2) is 25.3 Å². The summed E-state index contributed by atoms with van der Waals surface area (Å²) in [6.07, 6.45) is -4.47. The highest BCUT2D eigenvalue weighted by Gasteiger charge is 2.27. The maximum atomic E-state index is 11.8. The second-order valence-corrected chi connectivity index (χ2v) is 4.42. The Morgan fingerprint density at radius 1 is 1.30 bits per heavy atom. The Balaban J connectivity index is 2.22. The number of amides is 1. The average molecular weight is 310 g/mol.